The van der Waals surface area contributed by atoms with Crippen LogP contribution in [0.1, 0.15) is 42.8 Å². The number of aromatic nitrogens is 7. The molecule has 200 valence electrons. The number of carbonyl (C=O) groups excluding carboxylic acids is 2. The zero-order valence-corrected chi connectivity index (χ0v) is 22.4. The number of hydrogen-bond acceptors (Lipinski definition) is 8. The third-order valence-electron chi connectivity index (χ3n) is 6.43. The zero-order chi connectivity index (χ0) is 27.8. The van der Waals surface area contributed by atoms with Gasteiger partial charge in [-0.15, -0.1) is 11.3 Å². The standard InChI is InChI=1S/C28H23FN8O2S/c1-3-4-5-22(39)33-16-8-15(9-30-10-16)25-24(29)23-18(13-32-25)36-37-27(23)28-34-19-12-31-11-17(26(19)35-28)21-7-6-20(40-21)14(2)38/h6-13H,3-5H2,1-2H3,(H,33,39)(H,34,35)(H,36,37). The number of nitrogens with zero attached hydrogens (tertiary/aromatic N) is 5. The molecular formula is C28H23FN8O2S. The molecule has 6 heterocycles. The van der Waals surface area contributed by atoms with Gasteiger partial charge in [-0.05, 0) is 31.5 Å². The largest absolute Gasteiger partial charge is 0.335 e. The van der Waals surface area contributed by atoms with Crippen LogP contribution in [0.2, 0.25) is 0 Å². The number of Topliss-reactive ketones (excluding diaryl/α,β-unsaturated/α-hetero) is 1. The van der Waals surface area contributed by atoms with E-state index in [0.29, 0.717) is 44.9 Å². The third-order valence-corrected chi connectivity index (χ3v) is 7.65. The van der Waals surface area contributed by atoms with E-state index in [4.69, 9.17) is 4.98 Å². The number of unbranched alkanes of at least 4 members (excludes halogenated alkanes) is 1. The molecule has 0 aliphatic rings. The van der Waals surface area contributed by atoms with E-state index in [0.717, 1.165) is 23.3 Å². The van der Waals surface area contributed by atoms with Crippen LogP contribution < -0.4 is 5.32 Å². The van der Waals surface area contributed by atoms with Crippen molar-refractivity contribution in [1.29, 1.82) is 0 Å². The van der Waals surface area contributed by atoms with Crippen molar-refractivity contribution in [2.24, 2.45) is 0 Å². The number of aromatic amines is 2. The van der Waals surface area contributed by atoms with Crippen molar-refractivity contribution in [3.05, 3.63) is 59.9 Å². The normalized spacial score (nSPS) is 11.4. The lowest BCUT2D eigenvalue weighted by molar-refractivity contribution is -0.116. The van der Waals surface area contributed by atoms with Crippen molar-refractivity contribution in [3.63, 3.8) is 0 Å². The van der Waals surface area contributed by atoms with E-state index in [9.17, 15) is 9.59 Å². The Balaban J connectivity index is 1.40. The maximum absolute atomic E-state index is 16.1. The zero-order valence-electron chi connectivity index (χ0n) is 21.6. The topological polar surface area (TPSA) is 142 Å². The number of nitrogens with one attached hydrogen (secondary N) is 3. The maximum Gasteiger partial charge on any atom is 0.224 e. The van der Waals surface area contributed by atoms with E-state index < -0.39 is 5.82 Å². The van der Waals surface area contributed by atoms with Crippen LogP contribution in [0.3, 0.4) is 0 Å². The number of amides is 1. The first-order valence-electron chi connectivity index (χ1n) is 12.7. The van der Waals surface area contributed by atoms with E-state index >= 15 is 4.39 Å². The Hall–Kier alpha value is -4.84. The third kappa shape index (κ3) is 4.62. The minimum atomic E-state index is -0.597. The van der Waals surface area contributed by atoms with E-state index in [1.54, 1.807) is 24.5 Å². The Morgan fingerprint density at radius 3 is 2.70 bits per heavy atom. The van der Waals surface area contributed by atoms with Gasteiger partial charge in [0.25, 0.3) is 0 Å². The summed E-state index contributed by atoms with van der Waals surface area (Å²) in [6, 6.07) is 5.28. The summed E-state index contributed by atoms with van der Waals surface area (Å²) in [5.74, 6) is -0.382. The molecule has 1 amide bonds. The first kappa shape index (κ1) is 25.4. The first-order chi connectivity index (χ1) is 19.4. The predicted molar refractivity (Wildman–Crippen MR) is 151 cm³/mol. The van der Waals surface area contributed by atoms with Crippen LogP contribution in [-0.2, 0) is 4.79 Å². The molecule has 0 aliphatic carbocycles. The molecular weight excluding hydrogens is 531 g/mol. The van der Waals surface area contributed by atoms with Crippen molar-refractivity contribution >= 4 is 50.7 Å². The maximum atomic E-state index is 16.1. The minimum absolute atomic E-state index is 0.0124. The van der Waals surface area contributed by atoms with Crippen molar-refractivity contribution in [2.75, 3.05) is 5.32 Å². The molecule has 0 unspecified atom stereocenters. The quantitative estimate of drug-likeness (QED) is 0.191. The van der Waals surface area contributed by atoms with Crippen LogP contribution in [0.15, 0.2) is 49.2 Å². The molecule has 0 bridgehead atoms. The molecule has 12 heteroatoms. The van der Waals surface area contributed by atoms with Gasteiger partial charge in [-0.25, -0.2) is 9.37 Å². The van der Waals surface area contributed by atoms with Crippen LogP contribution in [-0.4, -0.2) is 46.8 Å². The van der Waals surface area contributed by atoms with Crippen molar-refractivity contribution < 1.29 is 14.0 Å². The Labute approximate surface area is 231 Å². The van der Waals surface area contributed by atoms with Crippen molar-refractivity contribution in [1.82, 2.24) is 35.1 Å². The summed E-state index contributed by atoms with van der Waals surface area (Å²) in [6.45, 7) is 3.54. The molecule has 0 radical (unpaired) electrons. The van der Waals surface area contributed by atoms with E-state index in [1.165, 1.54) is 36.9 Å². The molecule has 0 saturated carbocycles. The number of anilines is 1. The fourth-order valence-corrected chi connectivity index (χ4v) is 5.36. The SMILES string of the molecule is CCCCC(=O)Nc1cncc(-c2ncc3[nH]nc(-c4nc5c(-c6ccc(C(C)=O)s6)cncc5[nH]4)c3c2F)c1. The number of H-pyrrole nitrogens is 2. The predicted octanol–water partition coefficient (Wildman–Crippen LogP) is 6.16. The Kier molecular flexibility index (Phi) is 6.60. The number of fused-ring (bicyclic) bond motifs is 2. The molecule has 0 saturated heterocycles. The molecule has 0 aromatic carbocycles. The summed E-state index contributed by atoms with van der Waals surface area (Å²) in [7, 11) is 0. The Morgan fingerprint density at radius 1 is 1.05 bits per heavy atom. The smallest absolute Gasteiger partial charge is 0.224 e. The van der Waals surface area contributed by atoms with Gasteiger partial charge in [-0.3, -0.25) is 29.6 Å². The first-order valence-corrected chi connectivity index (χ1v) is 13.5. The average Bonchev–Trinajstić information content (AvgIpc) is 3.70. The van der Waals surface area contributed by atoms with Gasteiger partial charge >= 0.3 is 0 Å². The second-order valence-electron chi connectivity index (χ2n) is 9.28. The molecule has 0 fully saturated rings. The number of rotatable bonds is 8. The average molecular weight is 555 g/mol. The highest BCUT2D eigenvalue weighted by atomic mass is 32.1. The highest BCUT2D eigenvalue weighted by Gasteiger charge is 2.22. The lowest BCUT2D eigenvalue weighted by Crippen LogP contribution is -2.11. The van der Waals surface area contributed by atoms with E-state index in [-0.39, 0.29) is 28.5 Å². The molecule has 0 spiro atoms. The Morgan fingerprint density at radius 2 is 1.90 bits per heavy atom. The monoisotopic (exact) mass is 554 g/mol. The van der Waals surface area contributed by atoms with E-state index in [2.05, 4.69) is 35.5 Å². The molecule has 6 aromatic heterocycles. The summed E-state index contributed by atoms with van der Waals surface area (Å²) < 4.78 is 16.1. The van der Waals surface area contributed by atoms with Gasteiger partial charge in [0, 0.05) is 34.8 Å². The van der Waals surface area contributed by atoms with Gasteiger partial charge in [0.05, 0.1) is 45.6 Å². The molecule has 0 aliphatic heterocycles. The number of pyridine rings is 3. The number of carbonyl (C=O) groups is 2. The van der Waals surface area contributed by atoms with Crippen molar-refractivity contribution in [3.8, 4) is 33.2 Å². The van der Waals surface area contributed by atoms with Gasteiger partial charge in [0.15, 0.2) is 17.4 Å². The second-order valence-corrected chi connectivity index (χ2v) is 10.4. The van der Waals surface area contributed by atoms with Gasteiger partial charge in [0.2, 0.25) is 5.91 Å². The van der Waals surface area contributed by atoms with Crippen LogP contribution in [0.5, 0.6) is 0 Å². The molecule has 3 N–H and O–H groups in total. The van der Waals surface area contributed by atoms with Gasteiger partial charge in [-0.2, -0.15) is 5.10 Å². The van der Waals surface area contributed by atoms with Crippen LogP contribution in [0.4, 0.5) is 10.1 Å². The molecule has 40 heavy (non-hydrogen) atoms. The van der Waals surface area contributed by atoms with Crippen LogP contribution >= 0.6 is 11.3 Å². The van der Waals surface area contributed by atoms with Crippen LogP contribution in [0.25, 0.3) is 55.2 Å². The number of ketones is 1. The van der Waals surface area contributed by atoms with Gasteiger partial charge in [-0.1, -0.05) is 13.3 Å². The fourth-order valence-electron chi connectivity index (χ4n) is 4.44. The molecule has 6 rings (SSSR count). The number of hydrogen-bond donors (Lipinski definition) is 3. The lowest BCUT2D eigenvalue weighted by Gasteiger charge is -2.08. The highest BCUT2D eigenvalue weighted by Crippen LogP contribution is 2.36. The summed E-state index contributed by atoms with van der Waals surface area (Å²) in [6.07, 6.45) is 9.92. The number of halogens is 1. The second kappa shape index (κ2) is 10.4. The summed E-state index contributed by atoms with van der Waals surface area (Å²) in [5, 5.41) is 10.2. The lowest BCUT2D eigenvalue weighted by atomic mass is 10.1. The summed E-state index contributed by atoms with van der Waals surface area (Å²) in [5.41, 5.74) is 3.66. The number of thiophene rings is 1. The summed E-state index contributed by atoms with van der Waals surface area (Å²) in [4.78, 5) is 46.2. The minimum Gasteiger partial charge on any atom is -0.335 e. The van der Waals surface area contributed by atoms with Crippen molar-refractivity contribution in [2.45, 2.75) is 33.1 Å². The van der Waals surface area contributed by atoms with Crippen LogP contribution in [0, 0.1) is 5.82 Å². The van der Waals surface area contributed by atoms with Gasteiger partial charge < -0.3 is 10.3 Å². The molecule has 10 nitrogen and oxygen atoms in total. The Bertz CT molecular complexity index is 1910. The summed E-state index contributed by atoms with van der Waals surface area (Å²) >= 11 is 1.36. The van der Waals surface area contributed by atoms with Gasteiger partial charge in [0.1, 0.15) is 16.9 Å². The molecule has 6 aromatic rings. The van der Waals surface area contributed by atoms with E-state index in [1.807, 2.05) is 13.0 Å². The fraction of sp³-hybridized carbons (Fsp3) is 0.179. The number of imidazole rings is 1. The molecule has 0 atom stereocenters. The highest BCUT2D eigenvalue weighted by molar-refractivity contribution is 7.17.